The first-order valence-corrected chi connectivity index (χ1v) is 6.23. The summed E-state index contributed by atoms with van der Waals surface area (Å²) in [5, 5.41) is 0. The van der Waals surface area contributed by atoms with Gasteiger partial charge in [0.25, 0.3) is 0 Å². The number of rotatable bonds is 9. The lowest BCUT2D eigenvalue weighted by Gasteiger charge is -2.08. The van der Waals surface area contributed by atoms with Crippen molar-refractivity contribution in [3.63, 3.8) is 0 Å². The van der Waals surface area contributed by atoms with Crippen LogP contribution < -0.4 is 0 Å². The minimum absolute atomic E-state index is 0.0770. The predicted molar refractivity (Wildman–Crippen MR) is 63.2 cm³/mol. The molecular weight excluding hydrogens is 188 g/mol. The van der Waals surface area contributed by atoms with E-state index in [9.17, 15) is 4.79 Å². The standard InChI is InChI=1S/C13H25O2/c1-4-6-7-8-9-10-13(14)15-11-12(3)5-2/h11-12H,4-10H2,1-3H3. The molecule has 0 aliphatic carbocycles. The van der Waals surface area contributed by atoms with Crippen molar-refractivity contribution < 1.29 is 9.53 Å². The van der Waals surface area contributed by atoms with E-state index < -0.39 is 0 Å². The van der Waals surface area contributed by atoms with Gasteiger partial charge in [-0.25, -0.2) is 0 Å². The van der Waals surface area contributed by atoms with Gasteiger partial charge in [-0.15, -0.1) is 0 Å². The summed E-state index contributed by atoms with van der Waals surface area (Å²) >= 11 is 0. The lowest BCUT2D eigenvalue weighted by molar-refractivity contribution is -0.141. The Kier molecular flexibility index (Phi) is 9.65. The van der Waals surface area contributed by atoms with E-state index in [0.29, 0.717) is 12.3 Å². The Morgan fingerprint density at radius 3 is 2.47 bits per heavy atom. The molecule has 0 saturated carbocycles. The summed E-state index contributed by atoms with van der Waals surface area (Å²) in [6.45, 7) is 7.98. The topological polar surface area (TPSA) is 26.3 Å². The summed E-state index contributed by atoms with van der Waals surface area (Å²) in [6, 6.07) is 0. The summed E-state index contributed by atoms with van der Waals surface area (Å²) in [5.41, 5.74) is 0. The molecule has 0 N–H and O–H groups in total. The Morgan fingerprint density at radius 2 is 1.87 bits per heavy atom. The molecular formula is C13H25O2. The minimum atomic E-state index is -0.0770. The molecule has 0 aromatic heterocycles. The second-order valence-electron chi connectivity index (χ2n) is 4.18. The molecule has 0 saturated heterocycles. The van der Waals surface area contributed by atoms with Gasteiger partial charge in [0.15, 0.2) is 0 Å². The normalized spacial score (nSPS) is 12.5. The molecule has 0 bridgehead atoms. The fourth-order valence-electron chi connectivity index (χ4n) is 1.22. The molecule has 15 heavy (non-hydrogen) atoms. The third-order valence-electron chi connectivity index (χ3n) is 2.56. The lowest BCUT2D eigenvalue weighted by Crippen LogP contribution is -2.06. The molecule has 0 fully saturated rings. The highest BCUT2D eigenvalue weighted by molar-refractivity contribution is 5.69. The van der Waals surface area contributed by atoms with Crippen molar-refractivity contribution in [3.8, 4) is 0 Å². The highest BCUT2D eigenvalue weighted by Crippen LogP contribution is 2.09. The van der Waals surface area contributed by atoms with Crippen molar-refractivity contribution >= 4 is 5.97 Å². The number of unbranched alkanes of at least 4 members (excludes halogenated alkanes) is 4. The van der Waals surface area contributed by atoms with Gasteiger partial charge < -0.3 is 4.74 Å². The second kappa shape index (κ2) is 10.0. The van der Waals surface area contributed by atoms with Gasteiger partial charge in [0.2, 0.25) is 0 Å². The van der Waals surface area contributed by atoms with Crippen LogP contribution in [0.2, 0.25) is 0 Å². The maximum absolute atomic E-state index is 11.2. The number of carbonyl (C=O) groups is 1. The quantitative estimate of drug-likeness (QED) is 0.426. The number of hydrogen-bond donors (Lipinski definition) is 0. The van der Waals surface area contributed by atoms with Crippen LogP contribution in [0, 0.1) is 12.5 Å². The van der Waals surface area contributed by atoms with Gasteiger partial charge in [0.05, 0.1) is 0 Å². The highest BCUT2D eigenvalue weighted by atomic mass is 16.5. The van der Waals surface area contributed by atoms with Crippen LogP contribution in [0.3, 0.4) is 0 Å². The second-order valence-corrected chi connectivity index (χ2v) is 4.18. The third-order valence-corrected chi connectivity index (χ3v) is 2.56. The molecule has 2 heteroatoms. The summed E-state index contributed by atoms with van der Waals surface area (Å²) in [7, 11) is 0. The van der Waals surface area contributed by atoms with Gasteiger partial charge in [0.1, 0.15) is 6.61 Å². The Hall–Kier alpha value is -0.530. The Labute approximate surface area is 94.4 Å². The third kappa shape index (κ3) is 9.77. The van der Waals surface area contributed by atoms with E-state index in [1.807, 2.05) is 0 Å². The fourth-order valence-corrected chi connectivity index (χ4v) is 1.22. The van der Waals surface area contributed by atoms with Gasteiger partial charge >= 0.3 is 5.97 Å². The molecule has 1 radical (unpaired) electrons. The number of carbonyl (C=O) groups excluding carboxylic acids is 1. The van der Waals surface area contributed by atoms with Crippen LogP contribution in [-0.4, -0.2) is 5.97 Å². The van der Waals surface area contributed by atoms with E-state index in [1.165, 1.54) is 19.3 Å². The first-order chi connectivity index (χ1) is 7.20. The summed E-state index contributed by atoms with van der Waals surface area (Å²) < 4.78 is 5.04. The summed E-state index contributed by atoms with van der Waals surface area (Å²) in [6.07, 6.45) is 7.44. The first-order valence-electron chi connectivity index (χ1n) is 6.23. The number of ether oxygens (including phenoxy) is 1. The van der Waals surface area contributed by atoms with E-state index in [2.05, 4.69) is 20.8 Å². The number of hydrogen-bond acceptors (Lipinski definition) is 2. The van der Waals surface area contributed by atoms with Crippen LogP contribution in [0.1, 0.15) is 65.7 Å². The van der Waals surface area contributed by atoms with Crippen LogP contribution in [0.4, 0.5) is 0 Å². The van der Waals surface area contributed by atoms with Crippen LogP contribution >= 0.6 is 0 Å². The average Bonchev–Trinajstić information content (AvgIpc) is 2.25. The monoisotopic (exact) mass is 213 g/mol. The average molecular weight is 213 g/mol. The zero-order valence-corrected chi connectivity index (χ0v) is 10.4. The van der Waals surface area contributed by atoms with Gasteiger partial charge in [-0.05, 0) is 18.8 Å². The Balaban J connectivity index is 3.26. The summed E-state index contributed by atoms with van der Waals surface area (Å²) in [4.78, 5) is 11.2. The van der Waals surface area contributed by atoms with Crippen LogP contribution in [0.25, 0.3) is 0 Å². The largest absolute Gasteiger partial charge is 0.458 e. The zero-order chi connectivity index (χ0) is 11.5. The van der Waals surface area contributed by atoms with Crippen molar-refractivity contribution in [1.29, 1.82) is 0 Å². The van der Waals surface area contributed by atoms with E-state index in [-0.39, 0.29) is 5.97 Å². The van der Waals surface area contributed by atoms with Crippen LogP contribution in [0.15, 0.2) is 0 Å². The van der Waals surface area contributed by atoms with Crippen molar-refractivity contribution in [2.75, 3.05) is 0 Å². The van der Waals surface area contributed by atoms with E-state index >= 15 is 0 Å². The lowest BCUT2D eigenvalue weighted by atomic mass is 10.1. The van der Waals surface area contributed by atoms with Crippen molar-refractivity contribution in [2.45, 2.75) is 65.7 Å². The number of esters is 1. The van der Waals surface area contributed by atoms with E-state index in [4.69, 9.17) is 4.74 Å². The minimum Gasteiger partial charge on any atom is -0.458 e. The molecule has 1 atom stereocenters. The smallest absolute Gasteiger partial charge is 0.306 e. The van der Waals surface area contributed by atoms with Crippen LogP contribution in [0.5, 0.6) is 0 Å². The molecule has 0 aromatic carbocycles. The van der Waals surface area contributed by atoms with E-state index in [1.54, 1.807) is 6.61 Å². The molecule has 0 rings (SSSR count). The molecule has 0 heterocycles. The van der Waals surface area contributed by atoms with Crippen LogP contribution in [-0.2, 0) is 9.53 Å². The Morgan fingerprint density at radius 1 is 1.20 bits per heavy atom. The molecule has 0 amide bonds. The van der Waals surface area contributed by atoms with Crippen molar-refractivity contribution in [3.05, 3.63) is 6.61 Å². The predicted octanol–water partition coefficient (Wildman–Crippen LogP) is 4.10. The maximum atomic E-state index is 11.2. The highest BCUT2D eigenvalue weighted by Gasteiger charge is 2.06. The summed E-state index contributed by atoms with van der Waals surface area (Å²) in [5.74, 6) is 0.292. The molecule has 2 nitrogen and oxygen atoms in total. The van der Waals surface area contributed by atoms with Crippen molar-refractivity contribution in [2.24, 2.45) is 5.92 Å². The molecule has 0 spiro atoms. The van der Waals surface area contributed by atoms with Gasteiger partial charge in [-0.1, -0.05) is 46.5 Å². The van der Waals surface area contributed by atoms with Crippen molar-refractivity contribution in [1.82, 2.24) is 0 Å². The Bertz CT molecular complexity index is 155. The van der Waals surface area contributed by atoms with Gasteiger partial charge in [-0.2, -0.15) is 0 Å². The maximum Gasteiger partial charge on any atom is 0.306 e. The molecule has 1 unspecified atom stereocenters. The molecule has 0 aliphatic rings. The van der Waals surface area contributed by atoms with E-state index in [0.717, 1.165) is 19.3 Å². The molecule has 0 aliphatic heterocycles. The fraction of sp³-hybridized carbons (Fsp3) is 0.846. The molecule has 0 aromatic rings. The van der Waals surface area contributed by atoms with Gasteiger partial charge in [0, 0.05) is 6.42 Å². The first kappa shape index (κ1) is 14.5. The molecule has 89 valence electrons. The SMILES string of the molecule is CCCCCCCC(=O)O[CH]C(C)CC. The van der Waals surface area contributed by atoms with Gasteiger partial charge in [-0.3, -0.25) is 4.79 Å². The zero-order valence-electron chi connectivity index (χ0n) is 10.4.